The van der Waals surface area contributed by atoms with Crippen molar-refractivity contribution in [1.29, 1.82) is 0 Å². The summed E-state index contributed by atoms with van der Waals surface area (Å²) in [6, 6.07) is 4.82. The van der Waals surface area contributed by atoms with Gasteiger partial charge in [0.15, 0.2) is 0 Å². The van der Waals surface area contributed by atoms with Crippen molar-refractivity contribution in [2.45, 2.75) is 13.5 Å². The van der Waals surface area contributed by atoms with E-state index in [-0.39, 0.29) is 5.56 Å². The summed E-state index contributed by atoms with van der Waals surface area (Å²) >= 11 is 5.80. The van der Waals surface area contributed by atoms with Crippen LogP contribution in [0.4, 0.5) is 0 Å². The van der Waals surface area contributed by atoms with Crippen LogP contribution in [0.1, 0.15) is 17.3 Å². The van der Waals surface area contributed by atoms with E-state index < -0.39 is 5.97 Å². The number of nitrogens with zero attached hydrogens (tertiary/aromatic N) is 2. The van der Waals surface area contributed by atoms with E-state index in [4.69, 9.17) is 16.7 Å². The molecule has 88 valence electrons. The molecule has 0 atom stereocenters. The van der Waals surface area contributed by atoms with Crippen molar-refractivity contribution >= 4 is 17.6 Å². The average molecular weight is 251 g/mol. The third-order valence-corrected chi connectivity index (χ3v) is 2.72. The van der Waals surface area contributed by atoms with E-state index in [0.717, 1.165) is 12.1 Å². The Morgan fingerprint density at radius 3 is 2.88 bits per heavy atom. The highest BCUT2D eigenvalue weighted by molar-refractivity contribution is 6.31. The molecular weight excluding hydrogens is 240 g/mol. The van der Waals surface area contributed by atoms with Gasteiger partial charge in [0, 0.05) is 23.3 Å². The van der Waals surface area contributed by atoms with E-state index >= 15 is 0 Å². The molecule has 0 radical (unpaired) electrons. The first-order valence-corrected chi connectivity index (χ1v) is 5.55. The number of halogens is 1. The van der Waals surface area contributed by atoms with E-state index in [2.05, 4.69) is 5.10 Å². The van der Waals surface area contributed by atoms with Gasteiger partial charge in [-0.3, -0.25) is 4.68 Å². The fraction of sp³-hybridized carbons (Fsp3) is 0.167. The summed E-state index contributed by atoms with van der Waals surface area (Å²) in [7, 11) is 0. The number of carboxylic acids is 1. The van der Waals surface area contributed by atoms with Gasteiger partial charge in [0.05, 0.1) is 11.8 Å². The first-order chi connectivity index (χ1) is 8.11. The Bertz CT molecular complexity index is 563. The quantitative estimate of drug-likeness (QED) is 0.911. The Morgan fingerprint density at radius 2 is 2.29 bits per heavy atom. The molecule has 4 nitrogen and oxygen atoms in total. The summed E-state index contributed by atoms with van der Waals surface area (Å²) < 4.78 is 1.75. The maximum Gasteiger partial charge on any atom is 0.336 e. The summed E-state index contributed by atoms with van der Waals surface area (Å²) in [5, 5.41) is 13.7. The molecule has 0 fully saturated rings. The minimum Gasteiger partial charge on any atom is -0.478 e. The molecule has 0 bridgehead atoms. The molecule has 0 spiro atoms. The highest BCUT2D eigenvalue weighted by atomic mass is 35.5. The number of aromatic carboxylic acids is 1. The largest absolute Gasteiger partial charge is 0.478 e. The van der Waals surface area contributed by atoms with Gasteiger partial charge in [0.2, 0.25) is 0 Å². The van der Waals surface area contributed by atoms with Crippen LogP contribution in [0.15, 0.2) is 30.6 Å². The van der Waals surface area contributed by atoms with Crippen LogP contribution in [0.25, 0.3) is 11.1 Å². The van der Waals surface area contributed by atoms with Gasteiger partial charge < -0.3 is 5.11 Å². The minimum absolute atomic E-state index is 0.188. The molecule has 0 unspecified atom stereocenters. The Labute approximate surface area is 103 Å². The molecule has 17 heavy (non-hydrogen) atoms. The molecule has 0 aliphatic carbocycles. The van der Waals surface area contributed by atoms with E-state index in [1.807, 2.05) is 13.1 Å². The summed E-state index contributed by atoms with van der Waals surface area (Å²) in [5.41, 5.74) is 1.59. The lowest BCUT2D eigenvalue weighted by molar-refractivity contribution is 0.0697. The van der Waals surface area contributed by atoms with Crippen LogP contribution in [-0.4, -0.2) is 20.9 Å². The first-order valence-electron chi connectivity index (χ1n) is 5.17. The molecule has 1 heterocycles. The average Bonchev–Trinajstić information content (AvgIpc) is 2.77. The minimum atomic E-state index is -0.994. The molecule has 1 aromatic heterocycles. The summed E-state index contributed by atoms with van der Waals surface area (Å²) in [5.74, 6) is -0.994. The fourth-order valence-electron chi connectivity index (χ4n) is 1.62. The highest BCUT2D eigenvalue weighted by Gasteiger charge is 2.13. The molecule has 5 heteroatoms. The zero-order valence-corrected chi connectivity index (χ0v) is 9.98. The number of hydrogen-bond donors (Lipinski definition) is 1. The molecule has 0 aliphatic heterocycles. The maximum absolute atomic E-state index is 11.1. The molecular formula is C12H11ClN2O2. The topological polar surface area (TPSA) is 55.1 Å². The molecule has 1 N–H and O–H groups in total. The second-order valence-corrected chi connectivity index (χ2v) is 4.02. The monoisotopic (exact) mass is 250 g/mol. The summed E-state index contributed by atoms with van der Waals surface area (Å²) in [6.45, 7) is 2.72. The Kier molecular flexibility index (Phi) is 3.15. The SMILES string of the molecule is CCn1cc(-c2ccc(Cl)cc2C(=O)O)cn1. The van der Waals surface area contributed by atoms with E-state index in [0.29, 0.717) is 10.6 Å². The molecule has 1 aromatic carbocycles. The van der Waals surface area contributed by atoms with E-state index in [1.165, 1.54) is 6.07 Å². The second-order valence-electron chi connectivity index (χ2n) is 3.58. The van der Waals surface area contributed by atoms with Crippen molar-refractivity contribution in [3.05, 3.63) is 41.2 Å². The van der Waals surface area contributed by atoms with Crippen LogP contribution in [0.3, 0.4) is 0 Å². The zero-order valence-electron chi connectivity index (χ0n) is 9.22. The van der Waals surface area contributed by atoms with Gasteiger partial charge >= 0.3 is 5.97 Å². The van der Waals surface area contributed by atoms with Gasteiger partial charge in [-0.2, -0.15) is 5.10 Å². The van der Waals surface area contributed by atoms with E-state index in [9.17, 15) is 4.79 Å². The van der Waals surface area contributed by atoms with Gasteiger partial charge in [-0.1, -0.05) is 17.7 Å². The number of hydrogen-bond acceptors (Lipinski definition) is 2. The van der Waals surface area contributed by atoms with Crippen LogP contribution >= 0.6 is 11.6 Å². The smallest absolute Gasteiger partial charge is 0.336 e. The van der Waals surface area contributed by atoms with Crippen LogP contribution in [0.5, 0.6) is 0 Å². The third-order valence-electron chi connectivity index (χ3n) is 2.48. The summed E-state index contributed by atoms with van der Waals surface area (Å²) in [6.07, 6.45) is 3.47. The number of aromatic nitrogens is 2. The number of benzene rings is 1. The van der Waals surface area contributed by atoms with Crippen LogP contribution in [0, 0.1) is 0 Å². The van der Waals surface area contributed by atoms with Crippen LogP contribution < -0.4 is 0 Å². The second kappa shape index (κ2) is 4.59. The standard InChI is InChI=1S/C12H11ClN2O2/c1-2-15-7-8(6-14-15)10-4-3-9(13)5-11(10)12(16)17/h3-7H,2H2,1H3,(H,16,17). The Morgan fingerprint density at radius 1 is 1.53 bits per heavy atom. The third kappa shape index (κ3) is 2.31. The predicted octanol–water partition coefficient (Wildman–Crippen LogP) is 2.92. The number of rotatable bonds is 3. The normalized spacial score (nSPS) is 10.5. The zero-order chi connectivity index (χ0) is 12.4. The fourth-order valence-corrected chi connectivity index (χ4v) is 1.79. The lowest BCUT2D eigenvalue weighted by Crippen LogP contribution is -1.99. The molecule has 2 aromatic rings. The van der Waals surface area contributed by atoms with Gasteiger partial charge in [-0.05, 0) is 24.6 Å². The van der Waals surface area contributed by atoms with Crippen molar-refractivity contribution in [2.24, 2.45) is 0 Å². The van der Waals surface area contributed by atoms with Gasteiger partial charge in [-0.25, -0.2) is 4.79 Å². The van der Waals surface area contributed by atoms with Crippen molar-refractivity contribution in [3.8, 4) is 11.1 Å². The number of carboxylic acid groups (broad SMARTS) is 1. The van der Waals surface area contributed by atoms with Gasteiger partial charge in [-0.15, -0.1) is 0 Å². The summed E-state index contributed by atoms with van der Waals surface area (Å²) in [4.78, 5) is 11.1. The van der Waals surface area contributed by atoms with Crippen LogP contribution in [0.2, 0.25) is 5.02 Å². The molecule has 0 amide bonds. The van der Waals surface area contributed by atoms with Crippen molar-refractivity contribution in [1.82, 2.24) is 9.78 Å². The lowest BCUT2D eigenvalue weighted by atomic mass is 10.0. The number of aryl methyl sites for hydroxylation is 1. The van der Waals surface area contributed by atoms with Crippen molar-refractivity contribution < 1.29 is 9.90 Å². The molecule has 2 rings (SSSR count). The molecule has 0 aliphatic rings. The lowest BCUT2D eigenvalue weighted by Gasteiger charge is -2.03. The Hall–Kier alpha value is -1.81. The van der Waals surface area contributed by atoms with Gasteiger partial charge in [0.1, 0.15) is 0 Å². The van der Waals surface area contributed by atoms with E-state index in [1.54, 1.807) is 23.0 Å². The van der Waals surface area contributed by atoms with Crippen molar-refractivity contribution in [2.75, 3.05) is 0 Å². The number of carbonyl (C=O) groups is 1. The van der Waals surface area contributed by atoms with Gasteiger partial charge in [0.25, 0.3) is 0 Å². The molecule has 0 saturated heterocycles. The predicted molar refractivity (Wildman–Crippen MR) is 65.3 cm³/mol. The highest BCUT2D eigenvalue weighted by Crippen LogP contribution is 2.26. The van der Waals surface area contributed by atoms with Crippen molar-refractivity contribution in [3.63, 3.8) is 0 Å². The Balaban J connectivity index is 2.54. The van der Waals surface area contributed by atoms with Crippen LogP contribution in [-0.2, 0) is 6.54 Å². The first kappa shape index (κ1) is 11.7. The maximum atomic E-state index is 11.1. The molecule has 0 saturated carbocycles.